The van der Waals surface area contributed by atoms with Gasteiger partial charge in [-0.2, -0.15) is 0 Å². The van der Waals surface area contributed by atoms with Crippen LogP contribution in [0.1, 0.15) is 39.7 Å². The first kappa shape index (κ1) is 13.6. The first-order valence-corrected chi connectivity index (χ1v) is 6.90. The molecule has 0 saturated carbocycles. The van der Waals surface area contributed by atoms with Crippen molar-refractivity contribution in [2.45, 2.75) is 45.3 Å². The summed E-state index contributed by atoms with van der Waals surface area (Å²) in [7, 11) is 0. The van der Waals surface area contributed by atoms with Crippen molar-refractivity contribution in [3.05, 3.63) is 35.9 Å². The van der Waals surface area contributed by atoms with Crippen LogP contribution in [-0.2, 0) is 10.3 Å². The quantitative estimate of drug-likeness (QED) is 0.884. The summed E-state index contributed by atoms with van der Waals surface area (Å²) in [6.45, 7) is 10.7. The Morgan fingerprint density at radius 2 is 1.83 bits per heavy atom. The fourth-order valence-corrected chi connectivity index (χ4v) is 3.11. The number of hydrogen-bond donors (Lipinski definition) is 1. The van der Waals surface area contributed by atoms with Crippen molar-refractivity contribution in [2.75, 3.05) is 13.1 Å². The van der Waals surface area contributed by atoms with Crippen molar-refractivity contribution in [1.29, 1.82) is 0 Å². The third kappa shape index (κ3) is 2.93. The van der Waals surface area contributed by atoms with Crippen LogP contribution in [0.5, 0.6) is 0 Å². The smallest absolute Gasteiger partial charge is 0.103 e. The van der Waals surface area contributed by atoms with Crippen molar-refractivity contribution < 1.29 is 4.74 Å². The standard InChI is InChI=1S/C16H25NO/c1-13(2)10-15(3)11-17-12-16(4,18-15)14-8-6-5-7-9-14/h5-9,13,17H,10-12H2,1-4H3. The summed E-state index contributed by atoms with van der Waals surface area (Å²) in [6, 6.07) is 10.5. The Hall–Kier alpha value is -0.860. The van der Waals surface area contributed by atoms with Crippen LogP contribution < -0.4 is 5.32 Å². The summed E-state index contributed by atoms with van der Waals surface area (Å²) in [5, 5.41) is 3.54. The van der Waals surface area contributed by atoms with Gasteiger partial charge in [-0.25, -0.2) is 0 Å². The highest BCUT2D eigenvalue weighted by Gasteiger charge is 2.41. The summed E-state index contributed by atoms with van der Waals surface area (Å²) in [5.74, 6) is 0.648. The second-order valence-electron chi connectivity index (χ2n) is 6.35. The van der Waals surface area contributed by atoms with Crippen LogP contribution in [0.3, 0.4) is 0 Å². The van der Waals surface area contributed by atoms with Gasteiger partial charge in [0.1, 0.15) is 5.60 Å². The molecular formula is C16H25NO. The fourth-order valence-electron chi connectivity index (χ4n) is 3.11. The van der Waals surface area contributed by atoms with Gasteiger partial charge in [-0.05, 0) is 31.7 Å². The molecule has 1 saturated heterocycles. The van der Waals surface area contributed by atoms with Gasteiger partial charge < -0.3 is 10.1 Å². The first-order valence-electron chi connectivity index (χ1n) is 6.90. The van der Waals surface area contributed by atoms with Crippen molar-refractivity contribution in [3.8, 4) is 0 Å². The molecule has 0 aliphatic carbocycles. The molecule has 18 heavy (non-hydrogen) atoms. The van der Waals surface area contributed by atoms with E-state index in [4.69, 9.17) is 4.74 Å². The zero-order chi connectivity index (χ0) is 13.2. The molecule has 2 atom stereocenters. The molecule has 1 heterocycles. The average molecular weight is 247 g/mol. The minimum atomic E-state index is -0.219. The van der Waals surface area contributed by atoms with Gasteiger partial charge in [0, 0.05) is 13.1 Å². The van der Waals surface area contributed by atoms with E-state index in [1.54, 1.807) is 0 Å². The van der Waals surface area contributed by atoms with Crippen LogP contribution in [0.25, 0.3) is 0 Å². The predicted molar refractivity (Wildman–Crippen MR) is 75.6 cm³/mol. The normalized spacial score (nSPS) is 32.7. The van der Waals surface area contributed by atoms with E-state index in [1.807, 2.05) is 0 Å². The summed E-state index contributed by atoms with van der Waals surface area (Å²) < 4.78 is 6.50. The molecule has 100 valence electrons. The summed E-state index contributed by atoms with van der Waals surface area (Å²) in [4.78, 5) is 0. The van der Waals surface area contributed by atoms with Crippen LogP contribution in [0, 0.1) is 5.92 Å². The van der Waals surface area contributed by atoms with Crippen LogP contribution >= 0.6 is 0 Å². The summed E-state index contributed by atoms with van der Waals surface area (Å²) in [6.07, 6.45) is 1.09. The lowest BCUT2D eigenvalue weighted by Crippen LogP contribution is -2.56. The van der Waals surface area contributed by atoms with Gasteiger partial charge in [-0.1, -0.05) is 44.2 Å². The number of rotatable bonds is 3. The van der Waals surface area contributed by atoms with Gasteiger partial charge in [0.15, 0.2) is 0 Å². The largest absolute Gasteiger partial charge is 0.362 e. The van der Waals surface area contributed by atoms with Crippen molar-refractivity contribution in [2.24, 2.45) is 5.92 Å². The van der Waals surface area contributed by atoms with E-state index in [0.717, 1.165) is 19.5 Å². The minimum absolute atomic E-state index is 0.0724. The van der Waals surface area contributed by atoms with Gasteiger partial charge in [0.25, 0.3) is 0 Å². The van der Waals surface area contributed by atoms with Gasteiger partial charge in [-0.15, -0.1) is 0 Å². The Bertz CT molecular complexity index is 389. The van der Waals surface area contributed by atoms with Gasteiger partial charge >= 0.3 is 0 Å². The minimum Gasteiger partial charge on any atom is -0.362 e. The van der Waals surface area contributed by atoms with E-state index in [-0.39, 0.29) is 11.2 Å². The van der Waals surface area contributed by atoms with Crippen LogP contribution in [-0.4, -0.2) is 18.7 Å². The average Bonchev–Trinajstić information content (AvgIpc) is 2.28. The van der Waals surface area contributed by atoms with E-state index in [0.29, 0.717) is 5.92 Å². The maximum Gasteiger partial charge on any atom is 0.103 e. The number of hydrogen-bond acceptors (Lipinski definition) is 2. The molecule has 1 aromatic carbocycles. The Morgan fingerprint density at radius 1 is 1.17 bits per heavy atom. The van der Waals surface area contributed by atoms with E-state index in [2.05, 4.69) is 63.3 Å². The zero-order valence-electron chi connectivity index (χ0n) is 12.0. The Morgan fingerprint density at radius 3 is 2.44 bits per heavy atom. The second kappa shape index (κ2) is 5.02. The highest BCUT2D eigenvalue weighted by molar-refractivity contribution is 5.23. The Balaban J connectivity index is 2.20. The molecule has 1 N–H and O–H groups in total. The maximum atomic E-state index is 6.50. The maximum absolute atomic E-state index is 6.50. The Kier molecular flexibility index (Phi) is 3.79. The lowest BCUT2D eigenvalue weighted by Gasteiger charge is -2.46. The van der Waals surface area contributed by atoms with Crippen LogP contribution in [0.15, 0.2) is 30.3 Å². The molecule has 1 fully saturated rings. The molecule has 0 amide bonds. The molecule has 1 aromatic rings. The third-order valence-electron chi connectivity index (χ3n) is 3.66. The summed E-state index contributed by atoms with van der Waals surface area (Å²) in [5.41, 5.74) is 0.965. The zero-order valence-corrected chi connectivity index (χ0v) is 12.0. The van der Waals surface area contributed by atoms with Crippen LogP contribution in [0.2, 0.25) is 0 Å². The van der Waals surface area contributed by atoms with E-state index >= 15 is 0 Å². The monoisotopic (exact) mass is 247 g/mol. The fraction of sp³-hybridized carbons (Fsp3) is 0.625. The molecular weight excluding hydrogens is 222 g/mol. The number of nitrogens with one attached hydrogen (secondary N) is 1. The highest BCUT2D eigenvalue weighted by Crippen LogP contribution is 2.35. The second-order valence-corrected chi connectivity index (χ2v) is 6.35. The van der Waals surface area contributed by atoms with Crippen molar-refractivity contribution in [3.63, 3.8) is 0 Å². The number of benzene rings is 1. The van der Waals surface area contributed by atoms with Gasteiger partial charge in [0.2, 0.25) is 0 Å². The van der Waals surface area contributed by atoms with Crippen molar-refractivity contribution >= 4 is 0 Å². The molecule has 0 radical (unpaired) electrons. The molecule has 2 unspecified atom stereocenters. The molecule has 1 aliphatic rings. The molecule has 0 spiro atoms. The lowest BCUT2D eigenvalue weighted by molar-refractivity contribution is -0.173. The first-order chi connectivity index (χ1) is 8.44. The number of ether oxygens (including phenoxy) is 1. The highest BCUT2D eigenvalue weighted by atomic mass is 16.5. The predicted octanol–water partition coefficient (Wildman–Crippen LogP) is 3.33. The molecule has 2 nitrogen and oxygen atoms in total. The lowest BCUT2D eigenvalue weighted by atomic mass is 9.87. The van der Waals surface area contributed by atoms with E-state index in [9.17, 15) is 0 Å². The molecule has 0 aromatic heterocycles. The topological polar surface area (TPSA) is 21.3 Å². The molecule has 2 rings (SSSR count). The summed E-state index contributed by atoms with van der Waals surface area (Å²) >= 11 is 0. The van der Waals surface area contributed by atoms with Crippen molar-refractivity contribution in [1.82, 2.24) is 5.32 Å². The van der Waals surface area contributed by atoms with E-state index < -0.39 is 0 Å². The van der Waals surface area contributed by atoms with Gasteiger partial charge in [0.05, 0.1) is 5.60 Å². The van der Waals surface area contributed by atoms with Crippen LogP contribution in [0.4, 0.5) is 0 Å². The number of morpholine rings is 1. The molecule has 0 bridgehead atoms. The molecule has 2 heteroatoms. The SMILES string of the molecule is CC(C)CC1(C)CNCC(C)(c2ccccc2)O1. The Labute approximate surface area is 111 Å². The van der Waals surface area contributed by atoms with Gasteiger partial charge in [-0.3, -0.25) is 0 Å². The van der Waals surface area contributed by atoms with E-state index in [1.165, 1.54) is 5.56 Å². The third-order valence-corrected chi connectivity index (χ3v) is 3.66. The molecule has 1 aliphatic heterocycles.